The van der Waals surface area contributed by atoms with Crippen LogP contribution in [0.5, 0.6) is 0 Å². The number of halogens is 1. The molecule has 0 radical (unpaired) electrons. The van der Waals surface area contributed by atoms with Gasteiger partial charge >= 0.3 is 6.09 Å². The maximum absolute atomic E-state index is 11.9. The summed E-state index contributed by atoms with van der Waals surface area (Å²) < 4.78 is 16.7. The van der Waals surface area contributed by atoms with Gasteiger partial charge in [-0.3, -0.25) is 4.21 Å². The first-order valence-corrected chi connectivity index (χ1v) is 8.33. The van der Waals surface area contributed by atoms with Crippen LogP contribution in [0, 0.1) is 0 Å². The topological polar surface area (TPSA) is 55.4 Å². The Labute approximate surface area is 127 Å². The van der Waals surface area contributed by atoms with Gasteiger partial charge in [-0.05, 0) is 32.4 Å². The van der Waals surface area contributed by atoms with Crippen LogP contribution in [0.2, 0.25) is 5.02 Å². The van der Waals surface area contributed by atoms with Crippen molar-refractivity contribution in [3.63, 3.8) is 0 Å². The summed E-state index contributed by atoms with van der Waals surface area (Å²) in [4.78, 5) is 11.9. The average molecular weight is 318 g/mol. The number of carbonyl (C=O) groups is 1. The monoisotopic (exact) mass is 317 g/mol. The molecule has 0 aliphatic carbocycles. The average Bonchev–Trinajstić information content (AvgIpc) is 2.25. The van der Waals surface area contributed by atoms with Crippen molar-refractivity contribution in [1.29, 1.82) is 0 Å². The Morgan fingerprint density at radius 2 is 2.00 bits per heavy atom. The Hall–Kier alpha value is -1.07. The summed E-state index contributed by atoms with van der Waals surface area (Å²) in [7, 11) is -1.07. The lowest BCUT2D eigenvalue weighted by Crippen LogP contribution is -2.37. The lowest BCUT2D eigenvalue weighted by Gasteiger charge is -2.24. The lowest BCUT2D eigenvalue weighted by atomic mass is 10.1. The number of alkyl carbamates (subject to hydrolysis) is 1. The predicted octanol–water partition coefficient (Wildman–Crippen LogP) is 3.28. The van der Waals surface area contributed by atoms with Crippen LogP contribution >= 0.6 is 11.6 Å². The molecule has 20 heavy (non-hydrogen) atoms. The van der Waals surface area contributed by atoms with E-state index in [2.05, 4.69) is 5.32 Å². The molecule has 0 fully saturated rings. The standard InChI is InChI=1S/C14H20ClNO3S/c1-14(2,3)19-13(17)16-12(9-20(4)18)10-7-5-6-8-11(10)15/h5-8,12H,9H2,1-4H3,(H,16,17). The summed E-state index contributed by atoms with van der Waals surface area (Å²) in [6.07, 6.45) is 1.04. The SMILES string of the molecule is CS(=O)CC(NC(=O)OC(C)(C)C)c1ccccc1Cl. The summed E-state index contributed by atoms with van der Waals surface area (Å²) >= 11 is 6.13. The Kier molecular flexibility index (Phi) is 6.02. The molecule has 0 aliphatic rings. The van der Waals surface area contributed by atoms with Gasteiger partial charge in [-0.2, -0.15) is 0 Å². The third-order valence-corrected chi connectivity index (χ3v) is 3.52. The van der Waals surface area contributed by atoms with Crippen molar-refractivity contribution >= 4 is 28.5 Å². The predicted molar refractivity (Wildman–Crippen MR) is 82.5 cm³/mol. The minimum atomic E-state index is -1.07. The normalized spacial score (nSPS) is 14.4. The highest BCUT2D eigenvalue weighted by atomic mass is 35.5. The van der Waals surface area contributed by atoms with E-state index in [1.807, 2.05) is 6.07 Å². The zero-order valence-electron chi connectivity index (χ0n) is 12.1. The van der Waals surface area contributed by atoms with Crippen molar-refractivity contribution in [3.8, 4) is 0 Å². The van der Waals surface area contributed by atoms with E-state index in [-0.39, 0.29) is 5.75 Å². The maximum atomic E-state index is 11.9. The van der Waals surface area contributed by atoms with Gasteiger partial charge in [0.05, 0.1) is 6.04 Å². The van der Waals surface area contributed by atoms with Crippen LogP contribution in [0.1, 0.15) is 32.4 Å². The molecule has 0 saturated carbocycles. The number of hydrogen-bond donors (Lipinski definition) is 1. The third-order valence-electron chi connectivity index (χ3n) is 2.37. The molecule has 2 unspecified atom stereocenters. The third kappa shape index (κ3) is 5.92. The Morgan fingerprint density at radius 3 is 2.50 bits per heavy atom. The van der Waals surface area contributed by atoms with E-state index in [9.17, 15) is 9.00 Å². The van der Waals surface area contributed by atoms with Crippen LogP contribution in [0.15, 0.2) is 24.3 Å². The van der Waals surface area contributed by atoms with Gasteiger partial charge < -0.3 is 10.1 Å². The largest absolute Gasteiger partial charge is 0.444 e. The second kappa shape index (κ2) is 7.09. The Morgan fingerprint density at radius 1 is 1.40 bits per heavy atom. The van der Waals surface area contributed by atoms with Gasteiger partial charge in [0.15, 0.2) is 0 Å². The summed E-state index contributed by atoms with van der Waals surface area (Å²) in [5.74, 6) is 0.281. The molecule has 1 aromatic carbocycles. The molecule has 0 heterocycles. The molecule has 0 aromatic heterocycles. The van der Waals surface area contributed by atoms with Crippen molar-refractivity contribution in [1.82, 2.24) is 5.32 Å². The van der Waals surface area contributed by atoms with Gasteiger partial charge in [-0.15, -0.1) is 0 Å². The maximum Gasteiger partial charge on any atom is 0.408 e. The Balaban J connectivity index is 2.88. The first kappa shape index (κ1) is 17.0. The lowest BCUT2D eigenvalue weighted by molar-refractivity contribution is 0.0509. The molecule has 1 amide bonds. The fourth-order valence-electron chi connectivity index (χ4n) is 1.65. The van der Waals surface area contributed by atoms with E-state index in [0.717, 1.165) is 5.56 Å². The molecule has 0 aliphatic heterocycles. The van der Waals surface area contributed by atoms with Gasteiger partial charge in [0.1, 0.15) is 5.60 Å². The summed E-state index contributed by atoms with van der Waals surface area (Å²) in [6, 6.07) is 6.73. The molecule has 1 N–H and O–H groups in total. The fraction of sp³-hybridized carbons (Fsp3) is 0.500. The van der Waals surface area contributed by atoms with Gasteiger partial charge in [0, 0.05) is 27.8 Å². The van der Waals surface area contributed by atoms with Crippen LogP contribution in [-0.2, 0) is 15.5 Å². The van der Waals surface area contributed by atoms with E-state index in [4.69, 9.17) is 16.3 Å². The zero-order valence-corrected chi connectivity index (χ0v) is 13.7. The number of amides is 1. The molecule has 1 aromatic rings. The number of rotatable bonds is 4. The number of carbonyl (C=O) groups excluding carboxylic acids is 1. The van der Waals surface area contributed by atoms with E-state index < -0.39 is 28.5 Å². The highest BCUT2D eigenvalue weighted by Gasteiger charge is 2.22. The first-order valence-electron chi connectivity index (χ1n) is 6.23. The van der Waals surface area contributed by atoms with Crippen molar-refractivity contribution in [2.24, 2.45) is 0 Å². The van der Waals surface area contributed by atoms with Crippen LogP contribution in [0.3, 0.4) is 0 Å². The number of benzene rings is 1. The highest BCUT2D eigenvalue weighted by molar-refractivity contribution is 7.84. The second-order valence-electron chi connectivity index (χ2n) is 5.46. The molecule has 0 spiro atoms. The van der Waals surface area contributed by atoms with Crippen LogP contribution in [-0.4, -0.2) is 27.9 Å². The molecular formula is C14H20ClNO3S. The van der Waals surface area contributed by atoms with Gasteiger partial charge in [0.2, 0.25) is 0 Å². The van der Waals surface area contributed by atoms with Gasteiger partial charge in [-0.25, -0.2) is 4.79 Å². The summed E-state index contributed by atoms with van der Waals surface area (Å²) in [5, 5.41) is 3.25. The fourth-order valence-corrected chi connectivity index (χ4v) is 2.65. The molecule has 1 rings (SSSR count). The van der Waals surface area contributed by atoms with Crippen molar-refractivity contribution in [3.05, 3.63) is 34.9 Å². The van der Waals surface area contributed by atoms with Crippen LogP contribution in [0.4, 0.5) is 4.79 Å². The molecular weight excluding hydrogens is 298 g/mol. The first-order chi connectivity index (χ1) is 9.19. The second-order valence-corrected chi connectivity index (χ2v) is 7.35. The quantitative estimate of drug-likeness (QED) is 0.927. The molecule has 112 valence electrons. The number of nitrogens with one attached hydrogen (secondary N) is 1. The van der Waals surface area contributed by atoms with Crippen LogP contribution in [0.25, 0.3) is 0 Å². The molecule has 0 bridgehead atoms. The molecule has 6 heteroatoms. The smallest absolute Gasteiger partial charge is 0.408 e. The number of hydrogen-bond acceptors (Lipinski definition) is 3. The van der Waals surface area contributed by atoms with E-state index in [1.165, 1.54) is 0 Å². The summed E-state index contributed by atoms with van der Waals surface area (Å²) in [6.45, 7) is 5.36. The molecule has 0 saturated heterocycles. The van der Waals surface area contributed by atoms with Crippen molar-refractivity contribution in [2.45, 2.75) is 32.4 Å². The van der Waals surface area contributed by atoms with Crippen molar-refractivity contribution in [2.75, 3.05) is 12.0 Å². The number of ether oxygens (including phenoxy) is 1. The van der Waals surface area contributed by atoms with Crippen LogP contribution < -0.4 is 5.32 Å². The van der Waals surface area contributed by atoms with E-state index in [1.54, 1.807) is 45.2 Å². The minimum Gasteiger partial charge on any atom is -0.444 e. The summed E-state index contributed by atoms with van der Waals surface area (Å²) in [5.41, 5.74) is 0.149. The van der Waals surface area contributed by atoms with E-state index in [0.29, 0.717) is 5.02 Å². The molecule has 2 atom stereocenters. The highest BCUT2D eigenvalue weighted by Crippen LogP contribution is 2.23. The Bertz CT molecular complexity index is 499. The van der Waals surface area contributed by atoms with Gasteiger partial charge in [-0.1, -0.05) is 29.8 Å². The van der Waals surface area contributed by atoms with E-state index >= 15 is 0 Å². The zero-order chi connectivity index (χ0) is 15.3. The minimum absolute atomic E-state index is 0.281. The van der Waals surface area contributed by atoms with Crippen molar-refractivity contribution < 1.29 is 13.7 Å². The van der Waals surface area contributed by atoms with Gasteiger partial charge in [0.25, 0.3) is 0 Å². The molecule has 4 nitrogen and oxygen atoms in total.